The quantitative estimate of drug-likeness (QED) is 0.646. The number of anilines is 2. The fraction of sp³-hybridized carbons (Fsp3) is 0.333. The minimum Gasteiger partial charge on any atom is -0.490 e. The summed E-state index contributed by atoms with van der Waals surface area (Å²) in [5, 5.41) is 0. The predicted octanol–water partition coefficient (Wildman–Crippen LogP) is 1.52. The molecule has 1 aromatic carbocycles. The number of fused-ring (bicyclic) bond motifs is 1. The lowest BCUT2D eigenvalue weighted by Crippen LogP contribution is -2.28. The molecule has 2 rings (SSSR count). The number of nitrogen functional groups attached to an aromatic ring is 1. The van der Waals surface area contributed by atoms with Gasteiger partial charge in [0.1, 0.15) is 12.4 Å². The maximum atomic E-state index is 5.66. The largest absolute Gasteiger partial charge is 0.490 e. The first-order valence-corrected chi connectivity index (χ1v) is 4.01. The summed E-state index contributed by atoms with van der Waals surface area (Å²) in [6.07, 6.45) is 0. The van der Waals surface area contributed by atoms with Crippen molar-refractivity contribution in [1.82, 2.24) is 0 Å². The number of benzene rings is 1. The fourth-order valence-electron chi connectivity index (χ4n) is 1.37. The van der Waals surface area contributed by atoms with Crippen LogP contribution in [0.5, 0.6) is 5.75 Å². The molecule has 13 heavy (non-hydrogen) atoms. The van der Waals surface area contributed by atoms with Crippen molar-refractivity contribution < 1.29 is 4.74 Å². The molecule has 1 heterocycles. The Kier molecular flexibility index (Phi) is 2.88. The Balaban J connectivity index is 0.000000845. The number of hydrogen-bond donors (Lipinski definition) is 1. The molecular weight excluding hydrogens is 188 g/mol. The monoisotopic (exact) mass is 200 g/mol. The highest BCUT2D eigenvalue weighted by Crippen LogP contribution is 2.31. The van der Waals surface area contributed by atoms with Crippen molar-refractivity contribution in [3.8, 4) is 5.75 Å². The number of ether oxygens (including phenoxy) is 1. The summed E-state index contributed by atoms with van der Waals surface area (Å²) < 4.78 is 5.45. The molecule has 0 radical (unpaired) electrons. The van der Waals surface area contributed by atoms with Crippen LogP contribution in [-0.4, -0.2) is 20.2 Å². The summed E-state index contributed by atoms with van der Waals surface area (Å²) >= 11 is 0. The Labute approximate surface area is 83.9 Å². The molecular formula is C9H13ClN2O. The van der Waals surface area contributed by atoms with Crippen LogP contribution in [-0.2, 0) is 0 Å². The van der Waals surface area contributed by atoms with Gasteiger partial charge in [-0.2, -0.15) is 0 Å². The van der Waals surface area contributed by atoms with Crippen molar-refractivity contribution in [2.75, 3.05) is 30.8 Å². The average molecular weight is 201 g/mol. The van der Waals surface area contributed by atoms with Crippen molar-refractivity contribution in [2.24, 2.45) is 0 Å². The lowest BCUT2D eigenvalue weighted by molar-refractivity contribution is 0.311. The first-order chi connectivity index (χ1) is 5.77. The average Bonchev–Trinajstić information content (AvgIpc) is 2.07. The van der Waals surface area contributed by atoms with Crippen molar-refractivity contribution in [1.29, 1.82) is 0 Å². The molecule has 0 fully saturated rings. The van der Waals surface area contributed by atoms with E-state index >= 15 is 0 Å². The molecule has 0 aliphatic carbocycles. The van der Waals surface area contributed by atoms with E-state index in [2.05, 4.69) is 4.90 Å². The standard InChI is InChI=1S/C9H12N2O.ClH/c1-11-4-5-12-9-3-2-7(10)6-8(9)11;/h2-3,6H,4-5,10H2,1H3;1H. The second-order valence-electron chi connectivity index (χ2n) is 3.00. The van der Waals surface area contributed by atoms with E-state index in [9.17, 15) is 0 Å². The minimum atomic E-state index is 0. The molecule has 0 aromatic heterocycles. The van der Waals surface area contributed by atoms with E-state index in [1.165, 1.54) is 0 Å². The van der Waals surface area contributed by atoms with Gasteiger partial charge >= 0.3 is 0 Å². The summed E-state index contributed by atoms with van der Waals surface area (Å²) in [4.78, 5) is 2.15. The summed E-state index contributed by atoms with van der Waals surface area (Å²) in [7, 11) is 2.04. The van der Waals surface area contributed by atoms with Crippen LogP contribution in [0.15, 0.2) is 18.2 Å². The molecule has 0 saturated heterocycles. The van der Waals surface area contributed by atoms with Crippen LogP contribution in [0, 0.1) is 0 Å². The third-order valence-electron chi connectivity index (χ3n) is 2.08. The number of hydrogen-bond acceptors (Lipinski definition) is 3. The van der Waals surface area contributed by atoms with E-state index in [1.807, 2.05) is 25.2 Å². The molecule has 0 atom stereocenters. The molecule has 3 nitrogen and oxygen atoms in total. The van der Waals surface area contributed by atoms with Gasteiger partial charge in [-0.15, -0.1) is 12.4 Å². The molecule has 0 spiro atoms. The van der Waals surface area contributed by atoms with Crippen LogP contribution < -0.4 is 15.4 Å². The van der Waals surface area contributed by atoms with Gasteiger partial charge in [0.05, 0.1) is 12.2 Å². The Morgan fingerprint density at radius 2 is 2.23 bits per heavy atom. The normalized spacial score (nSPS) is 14.1. The van der Waals surface area contributed by atoms with Crippen LogP contribution >= 0.6 is 12.4 Å². The molecule has 0 amide bonds. The van der Waals surface area contributed by atoms with Gasteiger partial charge in [0.15, 0.2) is 0 Å². The van der Waals surface area contributed by atoms with Gasteiger partial charge in [-0.3, -0.25) is 0 Å². The molecule has 1 aliphatic heterocycles. The van der Waals surface area contributed by atoms with Gasteiger partial charge in [0.25, 0.3) is 0 Å². The summed E-state index contributed by atoms with van der Waals surface area (Å²) in [6, 6.07) is 5.72. The molecule has 0 bridgehead atoms. The highest BCUT2D eigenvalue weighted by atomic mass is 35.5. The SMILES string of the molecule is CN1CCOc2ccc(N)cc21.Cl. The van der Waals surface area contributed by atoms with Gasteiger partial charge in [-0.05, 0) is 18.2 Å². The second-order valence-corrected chi connectivity index (χ2v) is 3.00. The summed E-state index contributed by atoms with van der Waals surface area (Å²) in [6.45, 7) is 1.68. The second kappa shape index (κ2) is 3.75. The van der Waals surface area contributed by atoms with Gasteiger partial charge in [-0.1, -0.05) is 0 Å². The van der Waals surface area contributed by atoms with Crippen molar-refractivity contribution in [3.63, 3.8) is 0 Å². The number of halogens is 1. The lowest BCUT2D eigenvalue weighted by atomic mass is 10.2. The zero-order valence-electron chi connectivity index (χ0n) is 7.49. The number of rotatable bonds is 0. The van der Waals surface area contributed by atoms with E-state index < -0.39 is 0 Å². The third kappa shape index (κ3) is 1.80. The Morgan fingerprint density at radius 1 is 1.46 bits per heavy atom. The predicted molar refractivity (Wildman–Crippen MR) is 56.9 cm³/mol. The highest BCUT2D eigenvalue weighted by molar-refractivity contribution is 5.85. The van der Waals surface area contributed by atoms with Gasteiger partial charge in [-0.25, -0.2) is 0 Å². The van der Waals surface area contributed by atoms with Gasteiger partial charge in [0, 0.05) is 12.7 Å². The lowest BCUT2D eigenvalue weighted by Gasteiger charge is -2.27. The number of likely N-dealkylation sites (N-methyl/N-ethyl adjacent to an activating group) is 1. The maximum absolute atomic E-state index is 5.66. The van der Waals surface area contributed by atoms with E-state index in [0.717, 1.165) is 30.3 Å². The number of nitrogens with two attached hydrogens (primary N) is 1. The van der Waals surface area contributed by atoms with Crippen molar-refractivity contribution in [2.45, 2.75) is 0 Å². The first-order valence-electron chi connectivity index (χ1n) is 4.01. The highest BCUT2D eigenvalue weighted by Gasteiger charge is 2.13. The zero-order chi connectivity index (χ0) is 8.55. The fourth-order valence-corrected chi connectivity index (χ4v) is 1.37. The maximum Gasteiger partial charge on any atom is 0.142 e. The Bertz CT molecular complexity index is 304. The smallest absolute Gasteiger partial charge is 0.142 e. The zero-order valence-corrected chi connectivity index (χ0v) is 8.30. The van der Waals surface area contributed by atoms with Crippen molar-refractivity contribution in [3.05, 3.63) is 18.2 Å². The van der Waals surface area contributed by atoms with E-state index in [0.29, 0.717) is 0 Å². The topological polar surface area (TPSA) is 38.5 Å². The third-order valence-corrected chi connectivity index (χ3v) is 2.08. The van der Waals surface area contributed by atoms with Crippen LogP contribution in [0.25, 0.3) is 0 Å². The van der Waals surface area contributed by atoms with Crippen LogP contribution in [0.3, 0.4) is 0 Å². The Morgan fingerprint density at radius 3 is 3.00 bits per heavy atom. The van der Waals surface area contributed by atoms with E-state index in [4.69, 9.17) is 10.5 Å². The summed E-state index contributed by atoms with van der Waals surface area (Å²) in [5.41, 5.74) is 7.53. The van der Waals surface area contributed by atoms with E-state index in [1.54, 1.807) is 0 Å². The van der Waals surface area contributed by atoms with Gasteiger partial charge < -0.3 is 15.4 Å². The number of nitrogens with zero attached hydrogens (tertiary/aromatic N) is 1. The molecule has 2 N–H and O–H groups in total. The van der Waals surface area contributed by atoms with Crippen molar-refractivity contribution >= 4 is 23.8 Å². The molecule has 4 heteroatoms. The van der Waals surface area contributed by atoms with Crippen LogP contribution in [0.1, 0.15) is 0 Å². The minimum absolute atomic E-state index is 0. The van der Waals surface area contributed by atoms with Crippen LogP contribution in [0.2, 0.25) is 0 Å². The van der Waals surface area contributed by atoms with E-state index in [-0.39, 0.29) is 12.4 Å². The summed E-state index contributed by atoms with van der Waals surface area (Å²) in [5.74, 6) is 0.929. The molecule has 0 unspecified atom stereocenters. The molecule has 1 aromatic rings. The Hall–Kier alpha value is -1.09. The molecule has 0 saturated carbocycles. The van der Waals surface area contributed by atoms with Crippen LogP contribution in [0.4, 0.5) is 11.4 Å². The molecule has 1 aliphatic rings. The first kappa shape index (κ1) is 9.99. The van der Waals surface area contributed by atoms with Gasteiger partial charge in [0.2, 0.25) is 0 Å². The molecule has 72 valence electrons.